The van der Waals surface area contributed by atoms with Crippen LogP contribution in [-0.2, 0) is 14.6 Å². The number of hydrogen-bond acceptors (Lipinski definition) is 4. The van der Waals surface area contributed by atoms with Gasteiger partial charge in [-0.25, -0.2) is 8.42 Å². The van der Waals surface area contributed by atoms with Gasteiger partial charge in [0.05, 0.1) is 11.5 Å². The summed E-state index contributed by atoms with van der Waals surface area (Å²) >= 11 is 0. The molecule has 4 nitrogen and oxygen atoms in total. The second-order valence-electron chi connectivity index (χ2n) is 5.12. The van der Waals surface area contributed by atoms with Gasteiger partial charge in [-0.1, -0.05) is 12.8 Å². The van der Waals surface area contributed by atoms with Crippen LogP contribution in [0.2, 0.25) is 0 Å². The molecule has 1 aliphatic heterocycles. The van der Waals surface area contributed by atoms with Crippen molar-refractivity contribution in [2.24, 2.45) is 5.41 Å². The fourth-order valence-corrected chi connectivity index (χ4v) is 4.02. The maximum atomic E-state index is 11.3. The minimum atomic E-state index is -2.81. The fraction of sp³-hybridized carbons (Fsp3) is 0.909. The standard InChI is InChI=1S/C11H19NO3S/c13-10-11(3-1-2-4-11)9-12-5-7-16(14,15)8-6-12/h10H,1-9H2. The normalized spacial score (nSPS) is 29.0. The Kier molecular flexibility index (Phi) is 3.35. The van der Waals surface area contributed by atoms with Crippen LogP contribution < -0.4 is 0 Å². The number of sulfone groups is 1. The van der Waals surface area contributed by atoms with Crippen molar-refractivity contribution in [1.82, 2.24) is 4.90 Å². The van der Waals surface area contributed by atoms with E-state index in [1.54, 1.807) is 0 Å². The molecule has 2 fully saturated rings. The van der Waals surface area contributed by atoms with Crippen molar-refractivity contribution in [3.05, 3.63) is 0 Å². The molecular weight excluding hydrogens is 226 g/mol. The van der Waals surface area contributed by atoms with Gasteiger partial charge in [0.15, 0.2) is 9.84 Å². The second-order valence-corrected chi connectivity index (χ2v) is 7.42. The van der Waals surface area contributed by atoms with E-state index in [9.17, 15) is 13.2 Å². The largest absolute Gasteiger partial charge is 0.303 e. The van der Waals surface area contributed by atoms with Crippen LogP contribution in [0.1, 0.15) is 25.7 Å². The first-order valence-corrected chi connectivity index (χ1v) is 7.77. The Balaban J connectivity index is 1.93. The van der Waals surface area contributed by atoms with E-state index in [0.717, 1.165) is 38.5 Å². The molecule has 1 heterocycles. The smallest absolute Gasteiger partial charge is 0.152 e. The average Bonchev–Trinajstić information content (AvgIpc) is 2.71. The Hall–Kier alpha value is -0.420. The maximum absolute atomic E-state index is 11.3. The van der Waals surface area contributed by atoms with Gasteiger partial charge in [0.25, 0.3) is 0 Å². The zero-order valence-electron chi connectivity index (χ0n) is 9.52. The Morgan fingerprint density at radius 3 is 2.19 bits per heavy atom. The van der Waals surface area contributed by atoms with Gasteiger partial charge in [-0.05, 0) is 12.8 Å². The summed E-state index contributed by atoms with van der Waals surface area (Å²) in [6.07, 6.45) is 5.30. The molecule has 0 aromatic heterocycles. The quantitative estimate of drug-likeness (QED) is 0.679. The summed E-state index contributed by atoms with van der Waals surface area (Å²) in [4.78, 5) is 13.3. The maximum Gasteiger partial charge on any atom is 0.152 e. The molecule has 0 bridgehead atoms. The summed E-state index contributed by atoms with van der Waals surface area (Å²) in [7, 11) is -2.81. The van der Waals surface area contributed by atoms with Gasteiger partial charge in [0.2, 0.25) is 0 Å². The number of carbonyl (C=O) groups is 1. The van der Waals surface area contributed by atoms with Crippen LogP contribution in [0.15, 0.2) is 0 Å². The SMILES string of the molecule is O=CC1(CN2CCS(=O)(=O)CC2)CCCC1. The van der Waals surface area contributed by atoms with E-state index in [1.807, 2.05) is 0 Å². The first kappa shape index (κ1) is 12.0. The van der Waals surface area contributed by atoms with Crippen LogP contribution in [0, 0.1) is 5.41 Å². The van der Waals surface area contributed by atoms with Crippen molar-refractivity contribution in [3.8, 4) is 0 Å². The zero-order chi connectivity index (χ0) is 11.6. The van der Waals surface area contributed by atoms with Crippen LogP contribution in [0.3, 0.4) is 0 Å². The molecule has 0 aromatic rings. The summed E-state index contributed by atoms with van der Waals surface area (Å²) in [6.45, 7) is 1.95. The van der Waals surface area contributed by atoms with Crippen molar-refractivity contribution in [2.75, 3.05) is 31.1 Å². The highest BCUT2D eigenvalue weighted by atomic mass is 32.2. The topological polar surface area (TPSA) is 54.5 Å². The Bertz CT molecular complexity index is 343. The second kappa shape index (κ2) is 4.45. The first-order valence-electron chi connectivity index (χ1n) is 5.94. The van der Waals surface area contributed by atoms with Gasteiger partial charge in [0.1, 0.15) is 6.29 Å². The van der Waals surface area contributed by atoms with Gasteiger partial charge in [-0.2, -0.15) is 0 Å². The molecule has 0 unspecified atom stereocenters. The molecule has 16 heavy (non-hydrogen) atoms. The van der Waals surface area contributed by atoms with Gasteiger partial charge in [-0.15, -0.1) is 0 Å². The molecule has 2 rings (SSSR count). The number of rotatable bonds is 3. The van der Waals surface area contributed by atoms with Crippen LogP contribution in [-0.4, -0.2) is 50.7 Å². The van der Waals surface area contributed by atoms with Crippen molar-refractivity contribution in [1.29, 1.82) is 0 Å². The first-order chi connectivity index (χ1) is 7.55. The van der Waals surface area contributed by atoms with Crippen molar-refractivity contribution in [2.45, 2.75) is 25.7 Å². The number of carbonyl (C=O) groups excluding carboxylic acids is 1. The van der Waals surface area contributed by atoms with Crippen molar-refractivity contribution >= 4 is 16.1 Å². The van der Waals surface area contributed by atoms with E-state index in [2.05, 4.69) is 4.90 Å². The molecule has 2 aliphatic rings. The minimum absolute atomic E-state index is 0.179. The fourth-order valence-electron chi connectivity index (χ4n) is 2.75. The molecule has 0 N–H and O–H groups in total. The molecule has 5 heteroatoms. The van der Waals surface area contributed by atoms with Crippen LogP contribution in [0.4, 0.5) is 0 Å². The van der Waals surface area contributed by atoms with Crippen molar-refractivity contribution in [3.63, 3.8) is 0 Å². The van der Waals surface area contributed by atoms with E-state index >= 15 is 0 Å². The molecule has 92 valence electrons. The third kappa shape index (κ3) is 2.63. The monoisotopic (exact) mass is 245 g/mol. The molecule has 0 spiro atoms. The summed E-state index contributed by atoms with van der Waals surface area (Å²) in [6, 6.07) is 0. The van der Waals surface area contributed by atoms with E-state index in [1.165, 1.54) is 0 Å². The third-order valence-corrected chi connectivity index (χ3v) is 5.43. The molecule has 1 saturated heterocycles. The molecule has 0 radical (unpaired) electrons. The lowest BCUT2D eigenvalue weighted by atomic mass is 9.87. The van der Waals surface area contributed by atoms with Gasteiger partial charge in [0, 0.05) is 25.0 Å². The minimum Gasteiger partial charge on any atom is -0.303 e. The Morgan fingerprint density at radius 2 is 1.69 bits per heavy atom. The summed E-state index contributed by atoms with van der Waals surface area (Å²) in [5.41, 5.74) is -0.179. The zero-order valence-corrected chi connectivity index (χ0v) is 10.3. The predicted molar refractivity (Wildman–Crippen MR) is 62.1 cm³/mol. The Labute approximate surface area is 96.9 Å². The van der Waals surface area contributed by atoms with Crippen LogP contribution in [0.5, 0.6) is 0 Å². The highest BCUT2D eigenvalue weighted by Crippen LogP contribution is 2.37. The number of hydrogen-bond donors (Lipinski definition) is 0. The highest BCUT2D eigenvalue weighted by Gasteiger charge is 2.36. The van der Waals surface area contributed by atoms with Gasteiger partial charge < -0.3 is 9.69 Å². The molecule has 0 amide bonds. The summed E-state index contributed by atoms with van der Waals surface area (Å²) in [5, 5.41) is 0. The lowest BCUT2D eigenvalue weighted by molar-refractivity contribution is -0.117. The van der Waals surface area contributed by atoms with E-state index in [4.69, 9.17) is 0 Å². The number of nitrogens with zero attached hydrogens (tertiary/aromatic N) is 1. The lowest BCUT2D eigenvalue weighted by Gasteiger charge is -2.33. The van der Waals surface area contributed by atoms with E-state index < -0.39 is 9.84 Å². The predicted octanol–water partition coefficient (Wildman–Crippen LogP) is 0.476. The molecule has 1 saturated carbocycles. The number of aldehydes is 1. The van der Waals surface area contributed by atoms with Crippen molar-refractivity contribution < 1.29 is 13.2 Å². The lowest BCUT2D eigenvalue weighted by Crippen LogP contribution is -2.45. The highest BCUT2D eigenvalue weighted by molar-refractivity contribution is 7.91. The van der Waals surface area contributed by atoms with Crippen LogP contribution >= 0.6 is 0 Å². The van der Waals surface area contributed by atoms with E-state index in [-0.39, 0.29) is 16.9 Å². The molecule has 1 aliphatic carbocycles. The average molecular weight is 245 g/mol. The van der Waals surface area contributed by atoms with Crippen LogP contribution in [0.25, 0.3) is 0 Å². The summed E-state index contributed by atoms with van der Waals surface area (Å²) < 4.78 is 22.6. The van der Waals surface area contributed by atoms with Gasteiger partial charge >= 0.3 is 0 Å². The van der Waals surface area contributed by atoms with Gasteiger partial charge in [-0.3, -0.25) is 0 Å². The molecular formula is C11H19NO3S. The Morgan fingerprint density at radius 1 is 1.12 bits per heavy atom. The summed E-state index contributed by atoms with van der Waals surface area (Å²) in [5.74, 6) is 0.504. The van der Waals surface area contributed by atoms with E-state index in [0.29, 0.717) is 13.1 Å². The molecule has 0 atom stereocenters. The molecule has 0 aromatic carbocycles. The third-order valence-electron chi connectivity index (χ3n) is 3.82.